The molecule has 1 heterocycles. The van der Waals surface area contributed by atoms with Crippen LogP contribution < -0.4 is 10.1 Å². The fraction of sp³-hybridized carbons (Fsp3) is 0.625. The second kappa shape index (κ2) is 7.51. The smallest absolute Gasteiger partial charge is 0.122 e. The van der Waals surface area contributed by atoms with Crippen LogP contribution in [0, 0.1) is 0 Å². The first-order chi connectivity index (χ1) is 9.31. The van der Waals surface area contributed by atoms with Gasteiger partial charge in [-0.15, -0.1) is 0 Å². The minimum Gasteiger partial charge on any atom is -0.492 e. The molecule has 0 spiro atoms. The number of benzene rings is 1. The van der Waals surface area contributed by atoms with Crippen LogP contribution in [0.25, 0.3) is 0 Å². The summed E-state index contributed by atoms with van der Waals surface area (Å²) in [6, 6.07) is 8.45. The lowest BCUT2D eigenvalue weighted by atomic mass is 9.98. The van der Waals surface area contributed by atoms with Gasteiger partial charge in [-0.2, -0.15) is 0 Å². The average Bonchev–Trinajstić information content (AvgIpc) is 2.48. The third-order valence-corrected chi connectivity index (χ3v) is 3.94. The monoisotopic (exact) mass is 262 g/mol. The van der Waals surface area contributed by atoms with Crippen molar-refractivity contribution in [2.24, 2.45) is 0 Å². The van der Waals surface area contributed by atoms with Gasteiger partial charge >= 0.3 is 0 Å². The van der Waals surface area contributed by atoms with Crippen LogP contribution >= 0.6 is 0 Å². The molecule has 0 bridgehead atoms. The van der Waals surface area contributed by atoms with E-state index in [0.717, 1.165) is 51.5 Å². The van der Waals surface area contributed by atoms with E-state index in [9.17, 15) is 0 Å². The summed E-state index contributed by atoms with van der Waals surface area (Å²) in [6.45, 7) is 10.8. The second-order valence-corrected chi connectivity index (χ2v) is 5.29. The Morgan fingerprint density at radius 3 is 2.74 bits per heavy atom. The summed E-state index contributed by atoms with van der Waals surface area (Å²) in [6.07, 6.45) is 1.15. The molecule has 1 aliphatic heterocycles. The molecule has 1 aromatic carbocycles. The summed E-state index contributed by atoms with van der Waals surface area (Å²) in [7, 11) is 0. The largest absolute Gasteiger partial charge is 0.492 e. The van der Waals surface area contributed by atoms with Gasteiger partial charge in [0.05, 0.1) is 0 Å². The summed E-state index contributed by atoms with van der Waals surface area (Å²) in [5.41, 5.74) is 1.34. The third kappa shape index (κ3) is 4.22. The van der Waals surface area contributed by atoms with Crippen molar-refractivity contribution >= 4 is 0 Å². The molecular formula is C16H26N2O. The highest BCUT2D eigenvalue weighted by molar-refractivity contribution is 5.35. The van der Waals surface area contributed by atoms with Crippen molar-refractivity contribution in [1.29, 1.82) is 0 Å². The Hall–Kier alpha value is -1.06. The molecule has 1 atom stereocenters. The van der Waals surface area contributed by atoms with Gasteiger partial charge in [-0.25, -0.2) is 0 Å². The van der Waals surface area contributed by atoms with Gasteiger partial charge in [0, 0.05) is 32.7 Å². The number of ether oxygens (including phenoxy) is 1. The Labute approximate surface area is 116 Å². The van der Waals surface area contributed by atoms with Gasteiger partial charge in [-0.3, -0.25) is 4.90 Å². The normalized spacial score (nSPS) is 18.2. The molecule has 0 radical (unpaired) electrons. The number of nitrogens with one attached hydrogen (secondary N) is 1. The summed E-state index contributed by atoms with van der Waals surface area (Å²) in [5.74, 6) is 1.63. The molecule has 0 saturated carbocycles. The van der Waals surface area contributed by atoms with Crippen LogP contribution in [-0.2, 0) is 0 Å². The van der Waals surface area contributed by atoms with E-state index in [1.54, 1.807) is 0 Å². The van der Waals surface area contributed by atoms with E-state index in [2.05, 4.69) is 48.3 Å². The van der Waals surface area contributed by atoms with Gasteiger partial charge in [0.1, 0.15) is 12.4 Å². The summed E-state index contributed by atoms with van der Waals surface area (Å²) >= 11 is 0. The van der Waals surface area contributed by atoms with E-state index in [0.29, 0.717) is 5.92 Å². The van der Waals surface area contributed by atoms with Crippen LogP contribution in [0.15, 0.2) is 24.3 Å². The molecule has 0 aromatic heterocycles. The Morgan fingerprint density at radius 2 is 2.00 bits per heavy atom. The van der Waals surface area contributed by atoms with Gasteiger partial charge in [0.2, 0.25) is 0 Å². The van der Waals surface area contributed by atoms with Crippen molar-refractivity contribution in [2.75, 3.05) is 39.3 Å². The average molecular weight is 262 g/mol. The van der Waals surface area contributed by atoms with Crippen LogP contribution in [0.3, 0.4) is 0 Å². The van der Waals surface area contributed by atoms with Crippen LogP contribution in [0.2, 0.25) is 0 Å². The molecule has 1 saturated heterocycles. The Morgan fingerprint density at radius 1 is 1.26 bits per heavy atom. The lowest BCUT2D eigenvalue weighted by Gasteiger charge is -2.27. The van der Waals surface area contributed by atoms with Crippen molar-refractivity contribution in [3.05, 3.63) is 29.8 Å². The highest BCUT2D eigenvalue weighted by atomic mass is 16.5. The maximum Gasteiger partial charge on any atom is 0.122 e. The van der Waals surface area contributed by atoms with Crippen molar-refractivity contribution in [2.45, 2.75) is 26.2 Å². The number of nitrogens with zero attached hydrogens (tertiary/aromatic N) is 1. The van der Waals surface area contributed by atoms with E-state index < -0.39 is 0 Å². The zero-order chi connectivity index (χ0) is 13.5. The van der Waals surface area contributed by atoms with Crippen molar-refractivity contribution < 1.29 is 4.74 Å². The molecule has 1 fully saturated rings. The van der Waals surface area contributed by atoms with E-state index in [-0.39, 0.29) is 0 Å². The van der Waals surface area contributed by atoms with Crippen LogP contribution in [0.4, 0.5) is 0 Å². The van der Waals surface area contributed by atoms with Crippen LogP contribution in [-0.4, -0.2) is 44.2 Å². The predicted octanol–water partition coefficient (Wildman–Crippen LogP) is 2.48. The van der Waals surface area contributed by atoms with E-state index in [1.165, 1.54) is 5.56 Å². The molecule has 3 heteroatoms. The molecular weight excluding hydrogens is 236 g/mol. The summed E-state index contributed by atoms with van der Waals surface area (Å²) in [5, 5.41) is 3.37. The fourth-order valence-corrected chi connectivity index (χ4v) is 2.46. The minimum atomic E-state index is 0.565. The van der Waals surface area contributed by atoms with Gasteiger partial charge in [0.25, 0.3) is 0 Å². The van der Waals surface area contributed by atoms with Gasteiger partial charge in [-0.05, 0) is 24.0 Å². The number of para-hydroxylation sites is 1. The standard InChI is InChI=1S/C16H26N2O/c1-3-14(2)15-6-4-5-7-16(15)19-13-12-18-10-8-17-9-11-18/h4-7,14,17H,3,8-13H2,1-2H3/t14-/m0/s1. The number of hydrogen-bond acceptors (Lipinski definition) is 3. The zero-order valence-corrected chi connectivity index (χ0v) is 12.2. The topological polar surface area (TPSA) is 24.5 Å². The number of piperazine rings is 1. The number of hydrogen-bond donors (Lipinski definition) is 1. The maximum absolute atomic E-state index is 6.00. The van der Waals surface area contributed by atoms with Crippen molar-refractivity contribution in [1.82, 2.24) is 10.2 Å². The van der Waals surface area contributed by atoms with E-state index in [1.807, 2.05) is 0 Å². The maximum atomic E-state index is 6.00. The first-order valence-corrected chi connectivity index (χ1v) is 7.46. The molecule has 106 valence electrons. The second-order valence-electron chi connectivity index (χ2n) is 5.29. The summed E-state index contributed by atoms with van der Waals surface area (Å²) in [4.78, 5) is 2.46. The molecule has 1 aromatic rings. The van der Waals surface area contributed by atoms with Gasteiger partial charge in [-0.1, -0.05) is 32.0 Å². The molecule has 0 amide bonds. The molecule has 1 aliphatic rings. The summed E-state index contributed by atoms with van der Waals surface area (Å²) < 4.78 is 6.00. The molecule has 0 unspecified atom stereocenters. The molecule has 3 nitrogen and oxygen atoms in total. The first kappa shape index (κ1) is 14.4. The Bertz CT molecular complexity index is 375. The van der Waals surface area contributed by atoms with Crippen LogP contribution in [0.1, 0.15) is 31.7 Å². The van der Waals surface area contributed by atoms with Gasteiger partial charge < -0.3 is 10.1 Å². The molecule has 0 aliphatic carbocycles. The third-order valence-electron chi connectivity index (χ3n) is 3.94. The number of rotatable bonds is 6. The zero-order valence-electron chi connectivity index (χ0n) is 12.2. The van der Waals surface area contributed by atoms with Gasteiger partial charge in [0.15, 0.2) is 0 Å². The SMILES string of the molecule is CC[C@H](C)c1ccccc1OCCN1CCNCC1. The highest BCUT2D eigenvalue weighted by Gasteiger charge is 2.11. The Balaban J connectivity index is 1.84. The molecule has 2 rings (SSSR count). The lowest BCUT2D eigenvalue weighted by molar-refractivity contribution is 0.190. The van der Waals surface area contributed by atoms with Crippen molar-refractivity contribution in [3.8, 4) is 5.75 Å². The molecule has 19 heavy (non-hydrogen) atoms. The van der Waals surface area contributed by atoms with E-state index in [4.69, 9.17) is 4.74 Å². The predicted molar refractivity (Wildman–Crippen MR) is 80.0 cm³/mol. The molecule has 1 N–H and O–H groups in total. The quantitative estimate of drug-likeness (QED) is 0.852. The lowest BCUT2D eigenvalue weighted by Crippen LogP contribution is -2.44. The first-order valence-electron chi connectivity index (χ1n) is 7.46. The minimum absolute atomic E-state index is 0.565. The fourth-order valence-electron chi connectivity index (χ4n) is 2.46. The Kier molecular flexibility index (Phi) is 5.67. The highest BCUT2D eigenvalue weighted by Crippen LogP contribution is 2.28. The van der Waals surface area contributed by atoms with Crippen LogP contribution in [0.5, 0.6) is 5.75 Å². The van der Waals surface area contributed by atoms with E-state index >= 15 is 0 Å². The van der Waals surface area contributed by atoms with Crippen molar-refractivity contribution in [3.63, 3.8) is 0 Å².